The van der Waals surface area contributed by atoms with Gasteiger partial charge in [0, 0.05) is 10.6 Å². The second-order valence-electron chi connectivity index (χ2n) is 3.92. The Hall–Kier alpha value is -0.480. The van der Waals surface area contributed by atoms with Crippen LogP contribution in [0, 0.1) is 0 Å². The summed E-state index contributed by atoms with van der Waals surface area (Å²) in [7, 11) is 0. The number of thiophene rings is 1. The van der Waals surface area contributed by atoms with Gasteiger partial charge in [0.05, 0.1) is 12.6 Å². The maximum atomic E-state index is 4.46. The molecule has 0 fully saturated rings. The number of hydrogen-bond donors (Lipinski definition) is 1. The summed E-state index contributed by atoms with van der Waals surface area (Å²) in [6, 6.07) is 2.79. The first-order valence-electron chi connectivity index (χ1n) is 5.43. The maximum absolute atomic E-state index is 4.46. The molecule has 15 heavy (non-hydrogen) atoms. The number of hydrogen-bond acceptors (Lipinski definition) is 4. The fourth-order valence-corrected chi connectivity index (χ4v) is 3.98. The molecule has 3 rings (SSSR count). The number of rotatable bonds is 1. The summed E-state index contributed by atoms with van der Waals surface area (Å²) in [4.78, 5) is 6.03. The van der Waals surface area contributed by atoms with Crippen molar-refractivity contribution in [3.63, 3.8) is 0 Å². The van der Waals surface area contributed by atoms with Crippen LogP contribution in [-0.4, -0.2) is 17.5 Å². The molecule has 1 aliphatic heterocycles. The van der Waals surface area contributed by atoms with Crippen LogP contribution in [0.2, 0.25) is 0 Å². The Labute approximate surface area is 98.2 Å². The highest BCUT2D eigenvalue weighted by Crippen LogP contribution is 2.33. The van der Waals surface area contributed by atoms with Gasteiger partial charge in [-0.1, -0.05) is 11.8 Å². The molecular weight excluding hydrogens is 224 g/mol. The van der Waals surface area contributed by atoms with E-state index in [9.17, 15) is 0 Å². The van der Waals surface area contributed by atoms with Gasteiger partial charge >= 0.3 is 0 Å². The van der Waals surface area contributed by atoms with Crippen LogP contribution in [0.15, 0.2) is 16.4 Å². The number of fused-ring (bicyclic) bond motifs is 1. The quantitative estimate of drug-likeness (QED) is 0.813. The van der Waals surface area contributed by atoms with Crippen LogP contribution in [0.4, 0.5) is 0 Å². The number of nitrogens with zero attached hydrogens (tertiary/aromatic N) is 1. The Morgan fingerprint density at radius 1 is 1.47 bits per heavy atom. The average Bonchev–Trinajstić information content (AvgIpc) is 2.87. The van der Waals surface area contributed by atoms with Crippen molar-refractivity contribution in [3.05, 3.63) is 21.9 Å². The van der Waals surface area contributed by atoms with Crippen LogP contribution in [0.5, 0.6) is 0 Å². The minimum absolute atomic E-state index is 0.518. The van der Waals surface area contributed by atoms with Gasteiger partial charge in [-0.3, -0.25) is 4.99 Å². The predicted octanol–water partition coefficient (Wildman–Crippen LogP) is 2.82. The topological polar surface area (TPSA) is 24.4 Å². The first kappa shape index (κ1) is 9.73. The third-order valence-electron chi connectivity index (χ3n) is 2.94. The lowest BCUT2D eigenvalue weighted by atomic mass is 9.94. The van der Waals surface area contributed by atoms with E-state index in [2.05, 4.69) is 21.8 Å². The fourth-order valence-electron chi connectivity index (χ4n) is 2.21. The van der Waals surface area contributed by atoms with Crippen molar-refractivity contribution in [2.45, 2.75) is 25.3 Å². The number of thioether (sulfide) groups is 1. The van der Waals surface area contributed by atoms with E-state index < -0.39 is 0 Å². The first-order chi connectivity index (χ1) is 7.43. The Morgan fingerprint density at radius 3 is 3.33 bits per heavy atom. The van der Waals surface area contributed by atoms with Gasteiger partial charge in [-0.2, -0.15) is 0 Å². The van der Waals surface area contributed by atoms with Crippen molar-refractivity contribution < 1.29 is 0 Å². The minimum Gasteiger partial charge on any atom is -0.358 e. The zero-order chi connectivity index (χ0) is 10.1. The van der Waals surface area contributed by atoms with E-state index in [-0.39, 0.29) is 0 Å². The minimum atomic E-state index is 0.518. The molecular formula is C11H14N2S2. The monoisotopic (exact) mass is 238 g/mol. The molecule has 1 unspecified atom stereocenters. The van der Waals surface area contributed by atoms with Crippen LogP contribution < -0.4 is 5.32 Å². The third kappa shape index (κ3) is 1.93. The number of aryl methyl sites for hydroxylation is 1. The van der Waals surface area contributed by atoms with Crippen LogP contribution >= 0.6 is 23.1 Å². The summed E-state index contributed by atoms with van der Waals surface area (Å²) < 4.78 is 0. The zero-order valence-electron chi connectivity index (χ0n) is 8.53. The lowest BCUT2D eigenvalue weighted by molar-refractivity contribution is 0.536. The maximum Gasteiger partial charge on any atom is 0.157 e. The zero-order valence-corrected chi connectivity index (χ0v) is 10.2. The molecule has 1 aromatic rings. The van der Waals surface area contributed by atoms with Crippen molar-refractivity contribution in [2.75, 3.05) is 12.3 Å². The number of aliphatic imine (C=N–C) groups is 1. The Balaban J connectivity index is 1.78. The highest BCUT2D eigenvalue weighted by Gasteiger charge is 2.22. The number of nitrogens with one attached hydrogen (secondary N) is 1. The summed E-state index contributed by atoms with van der Waals surface area (Å²) >= 11 is 3.76. The Morgan fingerprint density at radius 2 is 2.47 bits per heavy atom. The van der Waals surface area contributed by atoms with E-state index in [4.69, 9.17) is 0 Å². The predicted molar refractivity (Wildman–Crippen MR) is 67.9 cm³/mol. The smallest absolute Gasteiger partial charge is 0.157 e. The molecule has 1 N–H and O–H groups in total. The van der Waals surface area contributed by atoms with Gasteiger partial charge in [0.2, 0.25) is 0 Å². The molecule has 1 atom stereocenters. The standard InChI is InChI=1S/C11H14N2S2/c1-2-9(13-11-12-5-7-15-11)8-4-6-14-10(8)3-1/h4,6,9H,1-3,5,7H2,(H,12,13). The van der Waals surface area contributed by atoms with Gasteiger partial charge in [0.15, 0.2) is 5.17 Å². The second-order valence-corrected chi connectivity index (χ2v) is 6.01. The van der Waals surface area contributed by atoms with Crippen LogP contribution in [-0.2, 0) is 6.42 Å². The SMILES string of the molecule is c1cc2c(s1)CCCC2NC1=NCCS1. The van der Waals surface area contributed by atoms with Crippen LogP contribution in [0.3, 0.4) is 0 Å². The summed E-state index contributed by atoms with van der Waals surface area (Å²) in [5, 5.41) is 6.95. The van der Waals surface area contributed by atoms with E-state index in [0.717, 1.165) is 17.5 Å². The van der Waals surface area contributed by atoms with Crippen molar-refractivity contribution in [1.82, 2.24) is 5.32 Å². The average molecular weight is 238 g/mol. The van der Waals surface area contributed by atoms with E-state index in [1.807, 2.05) is 23.1 Å². The van der Waals surface area contributed by atoms with Gasteiger partial charge in [0.25, 0.3) is 0 Å². The van der Waals surface area contributed by atoms with E-state index in [1.165, 1.54) is 24.8 Å². The van der Waals surface area contributed by atoms with Crippen molar-refractivity contribution in [1.29, 1.82) is 0 Å². The molecule has 0 saturated heterocycles. The van der Waals surface area contributed by atoms with Crippen LogP contribution in [0.25, 0.3) is 0 Å². The fraction of sp³-hybridized carbons (Fsp3) is 0.545. The van der Waals surface area contributed by atoms with Gasteiger partial charge in [-0.05, 0) is 36.3 Å². The molecule has 2 heterocycles. The molecule has 0 saturated carbocycles. The molecule has 0 radical (unpaired) electrons. The molecule has 0 bridgehead atoms. The Bertz CT molecular complexity index is 384. The summed E-state index contributed by atoms with van der Waals surface area (Å²) in [6.07, 6.45) is 3.83. The molecule has 0 spiro atoms. The summed E-state index contributed by atoms with van der Waals surface area (Å²) in [5.74, 6) is 1.14. The highest BCUT2D eigenvalue weighted by atomic mass is 32.2. The molecule has 2 aliphatic rings. The molecule has 0 aromatic carbocycles. The lowest BCUT2D eigenvalue weighted by Crippen LogP contribution is -2.27. The van der Waals surface area contributed by atoms with Crippen molar-refractivity contribution in [3.8, 4) is 0 Å². The van der Waals surface area contributed by atoms with E-state index >= 15 is 0 Å². The van der Waals surface area contributed by atoms with Crippen molar-refractivity contribution in [2.24, 2.45) is 4.99 Å². The first-order valence-corrected chi connectivity index (χ1v) is 7.30. The molecule has 1 aliphatic carbocycles. The van der Waals surface area contributed by atoms with Gasteiger partial charge in [-0.25, -0.2) is 0 Å². The van der Waals surface area contributed by atoms with Gasteiger partial charge < -0.3 is 5.32 Å². The van der Waals surface area contributed by atoms with Gasteiger partial charge in [-0.15, -0.1) is 11.3 Å². The van der Waals surface area contributed by atoms with Crippen molar-refractivity contribution >= 4 is 28.3 Å². The van der Waals surface area contributed by atoms with Gasteiger partial charge in [0.1, 0.15) is 0 Å². The third-order valence-corrected chi connectivity index (χ3v) is 4.84. The largest absolute Gasteiger partial charge is 0.358 e. The number of amidine groups is 1. The van der Waals surface area contributed by atoms with Crippen LogP contribution in [0.1, 0.15) is 29.3 Å². The normalized spacial score (nSPS) is 24.8. The molecule has 0 amide bonds. The summed E-state index contributed by atoms with van der Waals surface area (Å²) in [6.45, 7) is 0.982. The molecule has 4 heteroatoms. The highest BCUT2D eigenvalue weighted by molar-refractivity contribution is 8.14. The molecule has 1 aromatic heterocycles. The molecule has 80 valence electrons. The Kier molecular flexibility index (Phi) is 2.71. The molecule has 2 nitrogen and oxygen atoms in total. The van der Waals surface area contributed by atoms with E-state index in [1.54, 1.807) is 4.88 Å². The second kappa shape index (κ2) is 4.18. The lowest BCUT2D eigenvalue weighted by Gasteiger charge is -2.24. The summed E-state index contributed by atoms with van der Waals surface area (Å²) in [5.41, 5.74) is 1.52. The van der Waals surface area contributed by atoms with E-state index in [0.29, 0.717) is 6.04 Å².